The zero-order chi connectivity index (χ0) is 8.60. The Labute approximate surface area is 72.5 Å². The fourth-order valence-electron chi connectivity index (χ4n) is 2.44. The molecule has 2 fully saturated rings. The molecule has 2 unspecified atom stereocenters. The van der Waals surface area contributed by atoms with Crippen molar-refractivity contribution in [2.75, 3.05) is 7.11 Å². The van der Waals surface area contributed by atoms with Crippen molar-refractivity contribution in [2.45, 2.75) is 43.7 Å². The van der Waals surface area contributed by atoms with Crippen LogP contribution in [0.1, 0.15) is 32.1 Å². The number of rotatable bonds is 1. The number of carbonyl (C=O) groups excluding carboxylic acids is 1. The van der Waals surface area contributed by atoms with Gasteiger partial charge >= 0.3 is 0 Å². The molecular formula is C9H15NO2. The summed E-state index contributed by atoms with van der Waals surface area (Å²) in [5, 5.41) is 3.00. The van der Waals surface area contributed by atoms with Gasteiger partial charge in [0.15, 0.2) is 0 Å². The second-order valence-corrected chi connectivity index (χ2v) is 3.85. The maximum Gasteiger partial charge on any atom is 0.222 e. The Morgan fingerprint density at radius 1 is 1.58 bits per heavy atom. The zero-order valence-corrected chi connectivity index (χ0v) is 7.43. The number of carbonyl (C=O) groups is 1. The lowest BCUT2D eigenvalue weighted by atomic mass is 9.72. The van der Waals surface area contributed by atoms with Gasteiger partial charge in [0.2, 0.25) is 5.91 Å². The molecular weight excluding hydrogens is 154 g/mol. The maximum atomic E-state index is 10.9. The van der Waals surface area contributed by atoms with Crippen LogP contribution in [0.5, 0.6) is 0 Å². The molecule has 1 saturated heterocycles. The molecule has 12 heavy (non-hydrogen) atoms. The van der Waals surface area contributed by atoms with Crippen LogP contribution in [-0.2, 0) is 9.53 Å². The standard InChI is InChI=1S/C9H15NO2/c1-12-7-4-2-3-5-9(7)6-8(11)10-9/h7H,2-6H2,1H3,(H,10,11). The van der Waals surface area contributed by atoms with Gasteiger partial charge in [-0.2, -0.15) is 0 Å². The summed E-state index contributed by atoms with van der Waals surface area (Å²) in [6.07, 6.45) is 5.57. The largest absolute Gasteiger partial charge is 0.379 e. The van der Waals surface area contributed by atoms with Crippen molar-refractivity contribution in [2.24, 2.45) is 0 Å². The van der Waals surface area contributed by atoms with Crippen molar-refractivity contribution in [1.29, 1.82) is 0 Å². The molecule has 0 aromatic carbocycles. The molecule has 1 aliphatic heterocycles. The molecule has 0 aromatic rings. The number of nitrogens with one attached hydrogen (secondary N) is 1. The van der Waals surface area contributed by atoms with Gasteiger partial charge in [0.25, 0.3) is 0 Å². The van der Waals surface area contributed by atoms with E-state index in [1.165, 1.54) is 12.8 Å². The number of hydrogen-bond acceptors (Lipinski definition) is 2. The third-order valence-electron chi connectivity index (χ3n) is 3.10. The molecule has 1 aliphatic carbocycles. The van der Waals surface area contributed by atoms with Gasteiger partial charge in [-0.25, -0.2) is 0 Å². The van der Waals surface area contributed by atoms with E-state index in [9.17, 15) is 4.79 Å². The summed E-state index contributed by atoms with van der Waals surface area (Å²) in [7, 11) is 1.74. The van der Waals surface area contributed by atoms with Crippen molar-refractivity contribution < 1.29 is 9.53 Å². The van der Waals surface area contributed by atoms with Crippen LogP contribution in [0.15, 0.2) is 0 Å². The lowest BCUT2D eigenvalue weighted by Crippen LogP contribution is -2.68. The van der Waals surface area contributed by atoms with Crippen LogP contribution in [0.3, 0.4) is 0 Å². The number of amides is 1. The minimum atomic E-state index is 0.0179. The van der Waals surface area contributed by atoms with E-state index >= 15 is 0 Å². The summed E-state index contributed by atoms with van der Waals surface area (Å²) in [6.45, 7) is 0. The Kier molecular flexibility index (Phi) is 1.83. The Hall–Kier alpha value is -0.570. The van der Waals surface area contributed by atoms with Crippen LogP contribution in [0.2, 0.25) is 0 Å². The van der Waals surface area contributed by atoms with E-state index < -0.39 is 0 Å². The lowest BCUT2D eigenvalue weighted by Gasteiger charge is -2.49. The molecule has 0 aromatic heterocycles. The van der Waals surface area contributed by atoms with Crippen LogP contribution < -0.4 is 5.32 Å². The Morgan fingerprint density at radius 2 is 2.33 bits per heavy atom. The normalized spacial score (nSPS) is 40.8. The van der Waals surface area contributed by atoms with E-state index in [1.54, 1.807) is 7.11 Å². The molecule has 1 saturated carbocycles. The first-order chi connectivity index (χ1) is 5.77. The predicted molar refractivity (Wildman–Crippen MR) is 44.8 cm³/mol. The van der Waals surface area contributed by atoms with Crippen molar-refractivity contribution in [1.82, 2.24) is 5.32 Å². The molecule has 68 valence electrons. The molecule has 3 nitrogen and oxygen atoms in total. The average Bonchev–Trinajstić information content (AvgIpc) is 2.03. The highest BCUT2D eigenvalue weighted by atomic mass is 16.5. The summed E-state index contributed by atoms with van der Waals surface area (Å²) >= 11 is 0. The van der Waals surface area contributed by atoms with E-state index in [-0.39, 0.29) is 17.6 Å². The quantitative estimate of drug-likeness (QED) is 0.590. The van der Waals surface area contributed by atoms with E-state index in [0.717, 1.165) is 12.8 Å². The summed E-state index contributed by atoms with van der Waals surface area (Å²) < 4.78 is 5.38. The Morgan fingerprint density at radius 3 is 2.92 bits per heavy atom. The third-order valence-corrected chi connectivity index (χ3v) is 3.10. The molecule has 1 N–H and O–H groups in total. The smallest absolute Gasteiger partial charge is 0.222 e. The highest BCUT2D eigenvalue weighted by Crippen LogP contribution is 2.37. The number of hydrogen-bond donors (Lipinski definition) is 1. The predicted octanol–water partition coefficient (Wildman–Crippen LogP) is 0.834. The van der Waals surface area contributed by atoms with E-state index in [2.05, 4.69) is 5.32 Å². The van der Waals surface area contributed by atoms with Gasteiger partial charge in [0, 0.05) is 7.11 Å². The SMILES string of the molecule is COC1CCCCC12CC(=O)N2. The molecule has 2 rings (SSSR count). The molecule has 1 heterocycles. The highest BCUT2D eigenvalue weighted by Gasteiger charge is 2.50. The van der Waals surface area contributed by atoms with Crippen LogP contribution in [0.4, 0.5) is 0 Å². The monoisotopic (exact) mass is 169 g/mol. The van der Waals surface area contributed by atoms with Crippen molar-refractivity contribution in [3.05, 3.63) is 0 Å². The lowest BCUT2D eigenvalue weighted by molar-refractivity contribution is -0.143. The molecule has 2 aliphatic rings. The maximum absolute atomic E-state index is 10.9. The topological polar surface area (TPSA) is 38.3 Å². The molecule has 1 amide bonds. The van der Waals surface area contributed by atoms with E-state index in [4.69, 9.17) is 4.74 Å². The van der Waals surface area contributed by atoms with Crippen LogP contribution in [0, 0.1) is 0 Å². The summed E-state index contributed by atoms with van der Waals surface area (Å²) in [5.74, 6) is 0.180. The van der Waals surface area contributed by atoms with E-state index in [0.29, 0.717) is 6.42 Å². The summed E-state index contributed by atoms with van der Waals surface area (Å²) in [5.41, 5.74) is 0.0179. The summed E-state index contributed by atoms with van der Waals surface area (Å²) in [4.78, 5) is 10.9. The van der Waals surface area contributed by atoms with Gasteiger partial charge in [0.1, 0.15) is 0 Å². The van der Waals surface area contributed by atoms with Crippen LogP contribution >= 0.6 is 0 Å². The highest BCUT2D eigenvalue weighted by molar-refractivity contribution is 5.85. The van der Waals surface area contributed by atoms with Gasteiger partial charge in [-0.3, -0.25) is 4.79 Å². The number of β-lactam (4-membered cyclic amide) rings is 1. The van der Waals surface area contributed by atoms with Gasteiger partial charge in [-0.05, 0) is 12.8 Å². The van der Waals surface area contributed by atoms with Crippen LogP contribution in [-0.4, -0.2) is 24.7 Å². The second-order valence-electron chi connectivity index (χ2n) is 3.85. The second kappa shape index (κ2) is 2.73. The molecule has 3 heteroatoms. The molecule has 2 atom stereocenters. The molecule has 0 radical (unpaired) electrons. The van der Waals surface area contributed by atoms with Crippen molar-refractivity contribution in [3.63, 3.8) is 0 Å². The van der Waals surface area contributed by atoms with Gasteiger partial charge in [0.05, 0.1) is 18.1 Å². The van der Waals surface area contributed by atoms with Gasteiger partial charge in [-0.15, -0.1) is 0 Å². The Balaban J connectivity index is 2.05. The minimum absolute atomic E-state index is 0.0179. The molecule has 0 bridgehead atoms. The van der Waals surface area contributed by atoms with Crippen LogP contribution in [0.25, 0.3) is 0 Å². The van der Waals surface area contributed by atoms with E-state index in [1.807, 2.05) is 0 Å². The van der Waals surface area contributed by atoms with Gasteiger partial charge in [-0.1, -0.05) is 12.8 Å². The number of ether oxygens (including phenoxy) is 1. The first kappa shape index (κ1) is 8.05. The minimum Gasteiger partial charge on any atom is -0.379 e. The van der Waals surface area contributed by atoms with Crippen molar-refractivity contribution in [3.8, 4) is 0 Å². The first-order valence-electron chi connectivity index (χ1n) is 4.61. The molecule has 1 spiro atoms. The zero-order valence-electron chi connectivity index (χ0n) is 7.43. The average molecular weight is 169 g/mol. The number of methoxy groups -OCH3 is 1. The van der Waals surface area contributed by atoms with Crippen molar-refractivity contribution >= 4 is 5.91 Å². The fourth-order valence-corrected chi connectivity index (χ4v) is 2.44. The van der Waals surface area contributed by atoms with Gasteiger partial charge < -0.3 is 10.1 Å². The fraction of sp³-hybridized carbons (Fsp3) is 0.889. The summed E-state index contributed by atoms with van der Waals surface area (Å²) in [6, 6.07) is 0. The third kappa shape index (κ3) is 1.04. The Bertz CT molecular complexity index is 195. The first-order valence-corrected chi connectivity index (χ1v) is 4.61.